The summed E-state index contributed by atoms with van der Waals surface area (Å²) < 4.78 is 11.3. The Morgan fingerprint density at radius 1 is 1.11 bits per heavy atom. The van der Waals surface area contributed by atoms with Crippen molar-refractivity contribution in [3.8, 4) is 11.5 Å². The van der Waals surface area contributed by atoms with Crippen LogP contribution in [0.2, 0.25) is 0 Å². The number of aliphatic hydroxyl groups is 1. The largest absolute Gasteiger partial charge is 0.490 e. The summed E-state index contributed by atoms with van der Waals surface area (Å²) in [4.78, 5) is 0. The molecule has 0 aliphatic carbocycles. The lowest BCUT2D eigenvalue weighted by molar-refractivity contribution is 0.172. The standard InChI is InChI=1S/C15H24O3/c1-4-7-10-18-14-9-8-12(13(16)5-2)11-15(14)17-6-3/h8-9,11,13,16H,4-7,10H2,1-3H3. The van der Waals surface area contributed by atoms with Gasteiger partial charge in [-0.05, 0) is 37.5 Å². The highest BCUT2D eigenvalue weighted by Gasteiger charge is 2.10. The van der Waals surface area contributed by atoms with E-state index in [0.717, 1.165) is 29.9 Å². The monoisotopic (exact) mass is 252 g/mol. The van der Waals surface area contributed by atoms with Crippen LogP contribution in [0, 0.1) is 0 Å². The molecule has 18 heavy (non-hydrogen) atoms. The summed E-state index contributed by atoms with van der Waals surface area (Å²) in [7, 11) is 0. The first-order valence-electron chi connectivity index (χ1n) is 6.80. The van der Waals surface area contributed by atoms with Gasteiger partial charge in [0.25, 0.3) is 0 Å². The Morgan fingerprint density at radius 3 is 2.50 bits per heavy atom. The normalized spacial score (nSPS) is 12.2. The van der Waals surface area contributed by atoms with Gasteiger partial charge in [0, 0.05) is 0 Å². The van der Waals surface area contributed by atoms with Crippen molar-refractivity contribution in [3.05, 3.63) is 23.8 Å². The molecule has 1 aromatic rings. The number of ether oxygens (including phenoxy) is 2. The van der Waals surface area contributed by atoms with E-state index in [0.29, 0.717) is 19.6 Å². The fourth-order valence-electron chi connectivity index (χ4n) is 1.68. The van der Waals surface area contributed by atoms with Crippen LogP contribution in [0.15, 0.2) is 18.2 Å². The maximum absolute atomic E-state index is 9.83. The summed E-state index contributed by atoms with van der Waals surface area (Å²) in [6.45, 7) is 7.32. The molecule has 0 aromatic heterocycles. The molecule has 0 saturated carbocycles. The van der Waals surface area contributed by atoms with Crippen molar-refractivity contribution in [2.75, 3.05) is 13.2 Å². The molecule has 102 valence electrons. The lowest BCUT2D eigenvalue weighted by Gasteiger charge is -2.15. The van der Waals surface area contributed by atoms with Gasteiger partial charge in [-0.2, -0.15) is 0 Å². The molecule has 0 heterocycles. The first-order chi connectivity index (χ1) is 8.72. The third-order valence-corrected chi connectivity index (χ3v) is 2.79. The van der Waals surface area contributed by atoms with Crippen molar-refractivity contribution >= 4 is 0 Å². The van der Waals surface area contributed by atoms with Crippen LogP contribution in [-0.2, 0) is 0 Å². The van der Waals surface area contributed by atoms with E-state index in [9.17, 15) is 5.11 Å². The van der Waals surface area contributed by atoms with Crippen LogP contribution in [0.1, 0.15) is 51.7 Å². The minimum Gasteiger partial charge on any atom is -0.490 e. The average molecular weight is 252 g/mol. The van der Waals surface area contributed by atoms with E-state index >= 15 is 0 Å². The summed E-state index contributed by atoms with van der Waals surface area (Å²) in [5, 5.41) is 9.83. The molecule has 1 aromatic carbocycles. The Labute approximate surface area is 110 Å². The molecule has 0 bridgehead atoms. The Morgan fingerprint density at radius 2 is 1.89 bits per heavy atom. The highest BCUT2D eigenvalue weighted by Crippen LogP contribution is 2.31. The van der Waals surface area contributed by atoms with Gasteiger partial charge in [-0.15, -0.1) is 0 Å². The van der Waals surface area contributed by atoms with Gasteiger partial charge in [0.15, 0.2) is 11.5 Å². The Kier molecular flexibility index (Phi) is 6.58. The lowest BCUT2D eigenvalue weighted by atomic mass is 10.1. The van der Waals surface area contributed by atoms with Gasteiger partial charge in [-0.25, -0.2) is 0 Å². The number of hydrogen-bond donors (Lipinski definition) is 1. The van der Waals surface area contributed by atoms with Crippen LogP contribution in [0.3, 0.4) is 0 Å². The molecule has 3 nitrogen and oxygen atoms in total. The minimum atomic E-state index is -0.436. The summed E-state index contributed by atoms with van der Waals surface area (Å²) in [5.74, 6) is 1.48. The second-order valence-electron chi connectivity index (χ2n) is 4.27. The van der Waals surface area contributed by atoms with E-state index in [1.54, 1.807) is 0 Å². The van der Waals surface area contributed by atoms with Gasteiger partial charge in [-0.3, -0.25) is 0 Å². The summed E-state index contributed by atoms with van der Waals surface area (Å²) in [5.41, 5.74) is 0.879. The van der Waals surface area contributed by atoms with E-state index in [4.69, 9.17) is 9.47 Å². The molecule has 0 radical (unpaired) electrons. The van der Waals surface area contributed by atoms with Crippen LogP contribution in [0.5, 0.6) is 11.5 Å². The fourth-order valence-corrected chi connectivity index (χ4v) is 1.68. The molecule has 1 N–H and O–H groups in total. The number of unbranched alkanes of at least 4 members (excludes halogenated alkanes) is 1. The van der Waals surface area contributed by atoms with Crippen molar-refractivity contribution in [1.82, 2.24) is 0 Å². The van der Waals surface area contributed by atoms with E-state index in [-0.39, 0.29) is 0 Å². The molecule has 1 unspecified atom stereocenters. The molecular formula is C15H24O3. The maximum atomic E-state index is 9.83. The molecule has 0 saturated heterocycles. The predicted octanol–water partition coefficient (Wildman–Crippen LogP) is 3.71. The third-order valence-electron chi connectivity index (χ3n) is 2.79. The van der Waals surface area contributed by atoms with E-state index in [2.05, 4.69) is 6.92 Å². The first kappa shape index (κ1) is 14.8. The molecule has 0 fully saturated rings. The Bertz CT molecular complexity index is 350. The van der Waals surface area contributed by atoms with Crippen molar-refractivity contribution < 1.29 is 14.6 Å². The van der Waals surface area contributed by atoms with Crippen LogP contribution < -0.4 is 9.47 Å². The zero-order valence-electron chi connectivity index (χ0n) is 11.6. The van der Waals surface area contributed by atoms with Gasteiger partial charge in [0.1, 0.15) is 0 Å². The van der Waals surface area contributed by atoms with Gasteiger partial charge in [-0.1, -0.05) is 26.3 Å². The first-order valence-corrected chi connectivity index (χ1v) is 6.80. The van der Waals surface area contributed by atoms with Gasteiger partial charge >= 0.3 is 0 Å². The Balaban J connectivity index is 2.82. The number of hydrogen-bond acceptors (Lipinski definition) is 3. The molecule has 3 heteroatoms. The molecule has 1 atom stereocenters. The molecule has 1 rings (SSSR count). The zero-order chi connectivity index (χ0) is 13.4. The van der Waals surface area contributed by atoms with Crippen LogP contribution >= 0.6 is 0 Å². The second kappa shape index (κ2) is 7.98. The van der Waals surface area contributed by atoms with Crippen LogP contribution in [-0.4, -0.2) is 18.3 Å². The summed E-state index contributed by atoms with van der Waals surface area (Å²) >= 11 is 0. The zero-order valence-corrected chi connectivity index (χ0v) is 11.6. The van der Waals surface area contributed by atoms with E-state index in [1.807, 2.05) is 32.0 Å². The Hall–Kier alpha value is -1.22. The molecular weight excluding hydrogens is 228 g/mol. The van der Waals surface area contributed by atoms with Crippen molar-refractivity contribution in [2.45, 2.75) is 46.1 Å². The fraction of sp³-hybridized carbons (Fsp3) is 0.600. The number of aliphatic hydroxyl groups excluding tert-OH is 1. The summed E-state index contributed by atoms with van der Waals surface area (Å²) in [6.07, 6.45) is 2.40. The topological polar surface area (TPSA) is 38.7 Å². The minimum absolute atomic E-state index is 0.436. The lowest BCUT2D eigenvalue weighted by Crippen LogP contribution is -2.02. The van der Waals surface area contributed by atoms with E-state index in [1.165, 1.54) is 0 Å². The van der Waals surface area contributed by atoms with Crippen molar-refractivity contribution in [2.24, 2.45) is 0 Å². The third kappa shape index (κ3) is 4.22. The van der Waals surface area contributed by atoms with E-state index < -0.39 is 6.10 Å². The maximum Gasteiger partial charge on any atom is 0.161 e. The van der Waals surface area contributed by atoms with Crippen molar-refractivity contribution in [3.63, 3.8) is 0 Å². The molecule has 0 amide bonds. The van der Waals surface area contributed by atoms with Gasteiger partial charge in [0.2, 0.25) is 0 Å². The van der Waals surface area contributed by atoms with Gasteiger partial charge in [0.05, 0.1) is 19.3 Å². The molecule has 0 aliphatic rings. The van der Waals surface area contributed by atoms with Crippen LogP contribution in [0.25, 0.3) is 0 Å². The second-order valence-corrected chi connectivity index (χ2v) is 4.27. The average Bonchev–Trinajstić information content (AvgIpc) is 2.40. The van der Waals surface area contributed by atoms with Crippen LogP contribution in [0.4, 0.5) is 0 Å². The van der Waals surface area contributed by atoms with Crippen molar-refractivity contribution in [1.29, 1.82) is 0 Å². The SMILES string of the molecule is CCCCOc1ccc(C(O)CC)cc1OCC. The predicted molar refractivity (Wildman–Crippen MR) is 73.3 cm³/mol. The highest BCUT2D eigenvalue weighted by molar-refractivity contribution is 5.43. The smallest absolute Gasteiger partial charge is 0.161 e. The summed E-state index contributed by atoms with van der Waals surface area (Å²) in [6, 6.07) is 5.66. The molecule has 0 spiro atoms. The van der Waals surface area contributed by atoms with Gasteiger partial charge < -0.3 is 14.6 Å². The molecule has 0 aliphatic heterocycles. The number of rotatable bonds is 8. The quantitative estimate of drug-likeness (QED) is 0.717. The number of benzene rings is 1. The highest BCUT2D eigenvalue weighted by atomic mass is 16.5.